The number of nitrogens with zero attached hydrogens (tertiary/aromatic N) is 1. The van der Waals surface area contributed by atoms with E-state index in [1.54, 1.807) is 19.2 Å². The lowest BCUT2D eigenvalue weighted by molar-refractivity contribution is 0.0998. The molecule has 0 fully saturated rings. The second-order valence-electron chi connectivity index (χ2n) is 6.11. The van der Waals surface area contributed by atoms with E-state index < -0.39 is 0 Å². The van der Waals surface area contributed by atoms with Gasteiger partial charge in [-0.15, -0.1) is 0 Å². The standard InChI is InChI=1S/C23H18N2O3/c1-27-19-14-8-13-18(15-19)24-22(26)21-20(16-9-4-2-5-10-16)25-23(28-21)17-11-6-3-7-12-17/h2-15H,1H3,(H,24,26). The Morgan fingerprint density at radius 1 is 0.893 bits per heavy atom. The largest absolute Gasteiger partial charge is 0.497 e. The van der Waals surface area contributed by atoms with Crippen molar-refractivity contribution < 1.29 is 13.9 Å². The first-order chi connectivity index (χ1) is 13.7. The molecule has 0 radical (unpaired) electrons. The van der Waals surface area contributed by atoms with Crippen LogP contribution in [0.5, 0.6) is 5.75 Å². The molecule has 28 heavy (non-hydrogen) atoms. The fourth-order valence-corrected chi connectivity index (χ4v) is 2.86. The molecule has 5 heteroatoms. The highest BCUT2D eigenvalue weighted by molar-refractivity contribution is 6.06. The van der Waals surface area contributed by atoms with Gasteiger partial charge < -0.3 is 14.5 Å². The number of hydrogen-bond acceptors (Lipinski definition) is 4. The van der Waals surface area contributed by atoms with Gasteiger partial charge in [0, 0.05) is 22.9 Å². The second-order valence-corrected chi connectivity index (χ2v) is 6.11. The van der Waals surface area contributed by atoms with Crippen LogP contribution in [-0.4, -0.2) is 18.0 Å². The van der Waals surface area contributed by atoms with Crippen molar-refractivity contribution in [1.29, 1.82) is 0 Å². The Labute approximate surface area is 162 Å². The zero-order valence-corrected chi connectivity index (χ0v) is 15.3. The topological polar surface area (TPSA) is 64.4 Å². The minimum Gasteiger partial charge on any atom is -0.497 e. The van der Waals surface area contributed by atoms with E-state index >= 15 is 0 Å². The number of aromatic nitrogens is 1. The quantitative estimate of drug-likeness (QED) is 0.520. The molecule has 1 heterocycles. The summed E-state index contributed by atoms with van der Waals surface area (Å²) in [5.74, 6) is 0.841. The van der Waals surface area contributed by atoms with Crippen LogP contribution >= 0.6 is 0 Å². The summed E-state index contributed by atoms with van der Waals surface area (Å²) in [7, 11) is 1.58. The molecule has 1 amide bonds. The van der Waals surface area contributed by atoms with Gasteiger partial charge in [0.2, 0.25) is 11.7 Å². The monoisotopic (exact) mass is 370 g/mol. The number of benzene rings is 3. The number of ether oxygens (including phenoxy) is 1. The lowest BCUT2D eigenvalue weighted by Crippen LogP contribution is -2.12. The minimum absolute atomic E-state index is 0.160. The van der Waals surface area contributed by atoms with Gasteiger partial charge in [-0.3, -0.25) is 4.79 Å². The third-order valence-corrected chi connectivity index (χ3v) is 4.23. The summed E-state index contributed by atoms with van der Waals surface area (Å²) < 4.78 is 11.1. The fraction of sp³-hybridized carbons (Fsp3) is 0.0435. The Morgan fingerprint density at radius 2 is 1.57 bits per heavy atom. The molecule has 4 aromatic rings. The van der Waals surface area contributed by atoms with Gasteiger partial charge in [-0.1, -0.05) is 54.6 Å². The fourth-order valence-electron chi connectivity index (χ4n) is 2.86. The maximum absolute atomic E-state index is 13.0. The molecular weight excluding hydrogens is 352 g/mol. The maximum Gasteiger partial charge on any atom is 0.293 e. The van der Waals surface area contributed by atoms with Crippen LogP contribution in [0.2, 0.25) is 0 Å². The first kappa shape index (κ1) is 17.5. The van der Waals surface area contributed by atoms with Crippen LogP contribution in [0, 0.1) is 0 Å². The highest BCUT2D eigenvalue weighted by Gasteiger charge is 2.22. The summed E-state index contributed by atoms with van der Waals surface area (Å²) in [5, 5.41) is 2.86. The minimum atomic E-state index is -0.373. The number of nitrogens with one attached hydrogen (secondary N) is 1. The lowest BCUT2D eigenvalue weighted by Gasteiger charge is -2.06. The third-order valence-electron chi connectivity index (χ3n) is 4.23. The molecule has 1 N–H and O–H groups in total. The van der Waals surface area contributed by atoms with Gasteiger partial charge in [-0.05, 0) is 24.3 Å². The summed E-state index contributed by atoms with van der Waals surface area (Å²) in [4.78, 5) is 17.6. The Morgan fingerprint density at radius 3 is 2.25 bits per heavy atom. The van der Waals surface area contributed by atoms with Crippen molar-refractivity contribution in [2.75, 3.05) is 12.4 Å². The Balaban J connectivity index is 1.74. The van der Waals surface area contributed by atoms with E-state index in [4.69, 9.17) is 9.15 Å². The summed E-state index contributed by atoms with van der Waals surface area (Å²) >= 11 is 0. The smallest absolute Gasteiger partial charge is 0.293 e. The van der Waals surface area contributed by atoms with Gasteiger partial charge in [-0.25, -0.2) is 4.98 Å². The number of hydrogen-bond donors (Lipinski definition) is 1. The van der Waals surface area contributed by atoms with Crippen molar-refractivity contribution in [3.63, 3.8) is 0 Å². The number of methoxy groups -OCH3 is 1. The normalized spacial score (nSPS) is 10.5. The molecule has 0 bridgehead atoms. The zero-order valence-electron chi connectivity index (χ0n) is 15.3. The van der Waals surface area contributed by atoms with Gasteiger partial charge in [0.25, 0.3) is 5.91 Å². The van der Waals surface area contributed by atoms with Crippen LogP contribution in [0.3, 0.4) is 0 Å². The van der Waals surface area contributed by atoms with Gasteiger partial charge in [-0.2, -0.15) is 0 Å². The van der Waals surface area contributed by atoms with Gasteiger partial charge >= 0.3 is 0 Å². The predicted molar refractivity (Wildman–Crippen MR) is 108 cm³/mol. The molecule has 138 valence electrons. The molecule has 0 saturated heterocycles. The predicted octanol–water partition coefficient (Wildman–Crippen LogP) is 5.27. The van der Waals surface area contributed by atoms with E-state index in [0.29, 0.717) is 23.0 Å². The SMILES string of the molecule is COc1cccc(NC(=O)c2oc(-c3ccccc3)nc2-c2ccccc2)c1. The Bertz CT molecular complexity index is 1090. The average molecular weight is 370 g/mol. The van der Waals surface area contributed by atoms with Crippen molar-refractivity contribution in [2.45, 2.75) is 0 Å². The van der Waals surface area contributed by atoms with Crippen LogP contribution in [0.4, 0.5) is 5.69 Å². The van der Waals surface area contributed by atoms with Crippen LogP contribution in [0.15, 0.2) is 89.3 Å². The average Bonchev–Trinajstić information content (AvgIpc) is 3.21. The van der Waals surface area contributed by atoms with E-state index in [1.807, 2.05) is 72.8 Å². The highest BCUT2D eigenvalue weighted by atomic mass is 16.5. The van der Waals surface area contributed by atoms with Crippen LogP contribution in [0.1, 0.15) is 10.6 Å². The number of anilines is 1. The van der Waals surface area contributed by atoms with Crippen LogP contribution in [-0.2, 0) is 0 Å². The lowest BCUT2D eigenvalue weighted by atomic mass is 10.1. The van der Waals surface area contributed by atoms with Crippen LogP contribution < -0.4 is 10.1 Å². The van der Waals surface area contributed by atoms with E-state index in [2.05, 4.69) is 10.3 Å². The Kier molecular flexibility index (Phi) is 4.89. The molecule has 0 saturated carbocycles. The van der Waals surface area contributed by atoms with Gasteiger partial charge in [0.1, 0.15) is 11.4 Å². The first-order valence-corrected chi connectivity index (χ1v) is 8.81. The third kappa shape index (κ3) is 3.64. The van der Waals surface area contributed by atoms with Crippen LogP contribution in [0.25, 0.3) is 22.7 Å². The number of amides is 1. The zero-order chi connectivity index (χ0) is 19.3. The highest BCUT2D eigenvalue weighted by Crippen LogP contribution is 2.30. The molecule has 3 aromatic carbocycles. The van der Waals surface area contributed by atoms with Gasteiger partial charge in [0.05, 0.1) is 7.11 Å². The molecule has 0 aliphatic rings. The number of carbonyl (C=O) groups excluding carboxylic acids is 1. The van der Waals surface area contributed by atoms with Crippen molar-refractivity contribution in [1.82, 2.24) is 4.98 Å². The molecule has 0 atom stereocenters. The summed E-state index contributed by atoms with van der Waals surface area (Å²) in [6.07, 6.45) is 0. The van der Waals surface area contributed by atoms with E-state index in [-0.39, 0.29) is 11.7 Å². The first-order valence-electron chi connectivity index (χ1n) is 8.81. The molecule has 0 unspecified atom stereocenters. The number of rotatable bonds is 5. The Hall–Kier alpha value is -3.86. The molecular formula is C23H18N2O3. The molecule has 0 spiro atoms. The van der Waals surface area contributed by atoms with E-state index in [1.165, 1.54) is 0 Å². The van der Waals surface area contributed by atoms with Gasteiger partial charge in [0.15, 0.2) is 0 Å². The summed E-state index contributed by atoms with van der Waals surface area (Å²) in [5.41, 5.74) is 2.73. The van der Waals surface area contributed by atoms with Crippen molar-refractivity contribution >= 4 is 11.6 Å². The second kappa shape index (κ2) is 7.80. The van der Waals surface area contributed by atoms with E-state index in [9.17, 15) is 4.79 Å². The van der Waals surface area contributed by atoms with Crippen molar-refractivity contribution in [3.05, 3.63) is 90.7 Å². The summed E-state index contributed by atoms with van der Waals surface area (Å²) in [6, 6.07) is 26.2. The number of oxazole rings is 1. The molecule has 1 aromatic heterocycles. The van der Waals surface area contributed by atoms with Crippen molar-refractivity contribution in [3.8, 4) is 28.5 Å². The molecule has 0 aliphatic carbocycles. The molecule has 5 nitrogen and oxygen atoms in total. The summed E-state index contributed by atoms with van der Waals surface area (Å²) in [6.45, 7) is 0. The number of carbonyl (C=O) groups is 1. The van der Waals surface area contributed by atoms with Crippen molar-refractivity contribution in [2.24, 2.45) is 0 Å². The molecule has 0 aliphatic heterocycles. The van der Waals surface area contributed by atoms with E-state index in [0.717, 1.165) is 11.1 Å². The maximum atomic E-state index is 13.0. The molecule has 4 rings (SSSR count).